The normalized spacial score (nSPS) is 16.2. The van der Waals surface area contributed by atoms with Gasteiger partial charge in [-0.3, -0.25) is 0 Å². The summed E-state index contributed by atoms with van der Waals surface area (Å²) in [5.74, 6) is 2.61. The monoisotopic (exact) mass is 422 g/mol. The standard InChI is InChI=1S/C22H30N8O/c1-3-24-22(26-19-8-9-21-27-20(15-31-2)28-30(21)14-19)25-12-17-4-6-18(7-5-17)13-29-11-10-23-16-29/h4-7,10-11,16,19H,3,8-9,12-15H2,1-2H3,(H2,24,25,26). The zero-order valence-corrected chi connectivity index (χ0v) is 18.2. The maximum absolute atomic E-state index is 5.15. The van der Waals surface area contributed by atoms with E-state index in [4.69, 9.17) is 9.73 Å². The van der Waals surface area contributed by atoms with Crippen LogP contribution in [0.5, 0.6) is 0 Å². The van der Waals surface area contributed by atoms with Crippen LogP contribution >= 0.6 is 0 Å². The van der Waals surface area contributed by atoms with E-state index < -0.39 is 0 Å². The number of fused-ring (bicyclic) bond motifs is 1. The van der Waals surface area contributed by atoms with Crippen molar-refractivity contribution in [2.75, 3.05) is 13.7 Å². The summed E-state index contributed by atoms with van der Waals surface area (Å²) in [6.07, 6.45) is 7.49. The summed E-state index contributed by atoms with van der Waals surface area (Å²) in [7, 11) is 1.66. The van der Waals surface area contributed by atoms with Crippen molar-refractivity contribution < 1.29 is 4.74 Å². The van der Waals surface area contributed by atoms with Gasteiger partial charge in [-0.05, 0) is 24.5 Å². The van der Waals surface area contributed by atoms with Crippen molar-refractivity contribution >= 4 is 5.96 Å². The van der Waals surface area contributed by atoms with Crippen LogP contribution in [0.1, 0.15) is 36.1 Å². The number of aryl methyl sites for hydroxylation is 1. The summed E-state index contributed by atoms with van der Waals surface area (Å²) >= 11 is 0. The molecule has 0 saturated carbocycles. The maximum Gasteiger partial charge on any atom is 0.191 e. The van der Waals surface area contributed by atoms with Gasteiger partial charge in [0.15, 0.2) is 11.8 Å². The Bertz CT molecular complexity index is 978. The number of nitrogens with zero attached hydrogens (tertiary/aromatic N) is 6. The third-order valence-corrected chi connectivity index (χ3v) is 5.23. The first kappa shape index (κ1) is 21.0. The van der Waals surface area contributed by atoms with Gasteiger partial charge in [-0.25, -0.2) is 19.6 Å². The van der Waals surface area contributed by atoms with E-state index in [1.807, 2.05) is 17.2 Å². The Kier molecular flexibility index (Phi) is 6.93. The summed E-state index contributed by atoms with van der Waals surface area (Å²) in [5.41, 5.74) is 2.42. The number of rotatable bonds is 8. The van der Waals surface area contributed by atoms with Crippen molar-refractivity contribution in [2.24, 2.45) is 4.99 Å². The van der Waals surface area contributed by atoms with E-state index in [1.165, 1.54) is 11.1 Å². The van der Waals surface area contributed by atoms with Gasteiger partial charge >= 0.3 is 0 Å². The van der Waals surface area contributed by atoms with Crippen molar-refractivity contribution in [3.8, 4) is 0 Å². The lowest BCUT2D eigenvalue weighted by Gasteiger charge is -2.25. The first-order valence-corrected chi connectivity index (χ1v) is 10.7. The second kappa shape index (κ2) is 10.2. The van der Waals surface area contributed by atoms with Crippen LogP contribution in [-0.4, -0.2) is 50.0 Å². The lowest BCUT2D eigenvalue weighted by molar-refractivity contribution is 0.177. The molecule has 1 aliphatic rings. The molecule has 1 aliphatic heterocycles. The number of hydrogen-bond donors (Lipinski definition) is 2. The Labute approximate surface area is 182 Å². The zero-order valence-electron chi connectivity index (χ0n) is 18.2. The number of hydrogen-bond acceptors (Lipinski definition) is 5. The molecule has 164 valence electrons. The minimum Gasteiger partial charge on any atom is -0.377 e. The molecular weight excluding hydrogens is 392 g/mol. The summed E-state index contributed by atoms with van der Waals surface area (Å²) in [6, 6.07) is 8.84. The molecule has 9 heteroatoms. The van der Waals surface area contributed by atoms with Crippen LogP contribution in [0.2, 0.25) is 0 Å². The minimum absolute atomic E-state index is 0.264. The Morgan fingerprint density at radius 2 is 2.10 bits per heavy atom. The van der Waals surface area contributed by atoms with Gasteiger partial charge in [0.2, 0.25) is 0 Å². The molecule has 9 nitrogen and oxygen atoms in total. The number of guanidine groups is 1. The maximum atomic E-state index is 5.15. The molecule has 0 radical (unpaired) electrons. The van der Waals surface area contributed by atoms with E-state index in [9.17, 15) is 0 Å². The number of aromatic nitrogens is 5. The predicted octanol–water partition coefficient (Wildman–Crippen LogP) is 1.74. The number of imidazole rings is 1. The van der Waals surface area contributed by atoms with Crippen LogP contribution < -0.4 is 10.6 Å². The fourth-order valence-corrected chi connectivity index (χ4v) is 3.69. The van der Waals surface area contributed by atoms with Gasteiger partial charge < -0.3 is 19.9 Å². The topological polar surface area (TPSA) is 94.2 Å². The summed E-state index contributed by atoms with van der Waals surface area (Å²) in [6.45, 7) is 5.57. The van der Waals surface area contributed by atoms with Crippen LogP contribution in [0, 0.1) is 0 Å². The molecule has 0 saturated heterocycles. The highest BCUT2D eigenvalue weighted by molar-refractivity contribution is 5.80. The van der Waals surface area contributed by atoms with Crippen LogP contribution in [-0.2, 0) is 37.4 Å². The number of ether oxygens (including phenoxy) is 1. The summed E-state index contributed by atoms with van der Waals surface area (Å²) in [5, 5.41) is 11.5. The van der Waals surface area contributed by atoms with Crippen molar-refractivity contribution in [3.05, 3.63) is 65.8 Å². The highest BCUT2D eigenvalue weighted by Gasteiger charge is 2.22. The first-order chi connectivity index (χ1) is 15.2. The lowest BCUT2D eigenvalue weighted by atomic mass is 10.1. The molecule has 0 bridgehead atoms. The Hall–Kier alpha value is -3.20. The molecule has 4 rings (SSSR count). The molecule has 31 heavy (non-hydrogen) atoms. The molecule has 3 heterocycles. The average molecular weight is 423 g/mol. The van der Waals surface area contributed by atoms with Crippen molar-refractivity contribution in [3.63, 3.8) is 0 Å². The Morgan fingerprint density at radius 1 is 1.26 bits per heavy atom. The van der Waals surface area contributed by atoms with Gasteiger partial charge in [0.25, 0.3) is 0 Å². The van der Waals surface area contributed by atoms with E-state index in [0.29, 0.717) is 13.2 Å². The molecule has 1 atom stereocenters. The van der Waals surface area contributed by atoms with Crippen LogP contribution in [0.25, 0.3) is 0 Å². The fraction of sp³-hybridized carbons (Fsp3) is 0.455. The van der Waals surface area contributed by atoms with E-state index >= 15 is 0 Å². The third-order valence-electron chi connectivity index (χ3n) is 5.23. The van der Waals surface area contributed by atoms with E-state index in [0.717, 1.165) is 50.1 Å². The summed E-state index contributed by atoms with van der Waals surface area (Å²) < 4.78 is 9.19. The van der Waals surface area contributed by atoms with Gasteiger partial charge in [0.05, 0.1) is 19.4 Å². The highest BCUT2D eigenvalue weighted by Crippen LogP contribution is 2.14. The number of benzene rings is 1. The fourth-order valence-electron chi connectivity index (χ4n) is 3.69. The molecule has 0 aliphatic carbocycles. The van der Waals surface area contributed by atoms with Gasteiger partial charge in [0, 0.05) is 45.1 Å². The third kappa shape index (κ3) is 5.69. The number of aliphatic imine (C=N–C) groups is 1. The molecule has 3 aromatic rings. The van der Waals surface area contributed by atoms with E-state index in [1.54, 1.807) is 13.3 Å². The van der Waals surface area contributed by atoms with Crippen molar-refractivity contribution in [1.29, 1.82) is 0 Å². The van der Waals surface area contributed by atoms with Crippen molar-refractivity contribution in [1.82, 2.24) is 34.9 Å². The Morgan fingerprint density at radius 3 is 2.84 bits per heavy atom. The van der Waals surface area contributed by atoms with Crippen LogP contribution in [0.15, 0.2) is 48.0 Å². The first-order valence-electron chi connectivity index (χ1n) is 10.7. The van der Waals surface area contributed by atoms with Gasteiger partial charge in [-0.2, -0.15) is 5.10 Å². The molecule has 2 N–H and O–H groups in total. The van der Waals surface area contributed by atoms with E-state index in [-0.39, 0.29) is 6.04 Å². The van der Waals surface area contributed by atoms with Gasteiger partial charge in [0.1, 0.15) is 12.4 Å². The number of methoxy groups -OCH3 is 1. The molecule has 1 unspecified atom stereocenters. The molecule has 1 aromatic carbocycles. The van der Waals surface area contributed by atoms with Crippen LogP contribution in [0.3, 0.4) is 0 Å². The van der Waals surface area contributed by atoms with Gasteiger partial charge in [-0.15, -0.1) is 0 Å². The lowest BCUT2D eigenvalue weighted by Crippen LogP contribution is -2.47. The zero-order chi connectivity index (χ0) is 21.5. The predicted molar refractivity (Wildman–Crippen MR) is 119 cm³/mol. The van der Waals surface area contributed by atoms with Crippen molar-refractivity contribution in [2.45, 2.75) is 52.0 Å². The average Bonchev–Trinajstić information content (AvgIpc) is 3.42. The molecular formula is C22H30N8O. The smallest absolute Gasteiger partial charge is 0.191 e. The molecule has 0 fully saturated rings. The SMILES string of the molecule is CCNC(=NCc1ccc(Cn2ccnc2)cc1)NC1CCc2nc(COC)nn2C1. The molecule has 0 amide bonds. The number of nitrogens with one attached hydrogen (secondary N) is 2. The second-order valence-electron chi connectivity index (χ2n) is 7.69. The highest BCUT2D eigenvalue weighted by atomic mass is 16.5. The largest absolute Gasteiger partial charge is 0.377 e. The quantitative estimate of drug-likeness (QED) is 0.424. The Balaban J connectivity index is 1.34. The molecule has 2 aromatic heterocycles. The molecule has 0 spiro atoms. The van der Waals surface area contributed by atoms with Crippen LogP contribution in [0.4, 0.5) is 0 Å². The second-order valence-corrected chi connectivity index (χ2v) is 7.69. The minimum atomic E-state index is 0.264. The van der Waals surface area contributed by atoms with Gasteiger partial charge in [-0.1, -0.05) is 24.3 Å². The van der Waals surface area contributed by atoms with E-state index in [2.05, 4.69) is 61.5 Å². The summed E-state index contributed by atoms with van der Waals surface area (Å²) in [4.78, 5) is 13.4.